The first-order valence-corrected chi connectivity index (χ1v) is 6.64. The predicted octanol–water partition coefficient (Wildman–Crippen LogP) is 2.28. The van der Waals surface area contributed by atoms with E-state index in [1.807, 2.05) is 26.0 Å². The Morgan fingerprint density at radius 2 is 1.95 bits per heavy atom. The molecule has 1 fully saturated rings. The average molecular weight is 261 g/mol. The van der Waals surface area contributed by atoms with Crippen molar-refractivity contribution in [3.63, 3.8) is 0 Å². The molecule has 1 heterocycles. The molecule has 0 saturated carbocycles. The van der Waals surface area contributed by atoms with Crippen LogP contribution >= 0.6 is 0 Å². The van der Waals surface area contributed by atoms with E-state index in [4.69, 9.17) is 4.74 Å². The van der Waals surface area contributed by atoms with Crippen LogP contribution < -0.4 is 4.74 Å². The number of ketones is 1. The van der Waals surface area contributed by atoms with E-state index in [0.717, 1.165) is 0 Å². The molecule has 0 unspecified atom stereocenters. The summed E-state index contributed by atoms with van der Waals surface area (Å²) in [6, 6.07) is 7.21. The van der Waals surface area contributed by atoms with E-state index in [0.29, 0.717) is 37.2 Å². The van der Waals surface area contributed by atoms with Crippen LogP contribution in [0.5, 0.6) is 5.75 Å². The zero-order valence-corrected chi connectivity index (χ0v) is 11.4. The van der Waals surface area contributed by atoms with Crippen LogP contribution in [-0.4, -0.2) is 35.8 Å². The number of amides is 1. The van der Waals surface area contributed by atoms with Gasteiger partial charge in [0.25, 0.3) is 5.91 Å². The largest absolute Gasteiger partial charge is 0.491 e. The van der Waals surface area contributed by atoms with Crippen molar-refractivity contribution in [1.82, 2.24) is 4.90 Å². The highest BCUT2D eigenvalue weighted by Gasteiger charge is 2.22. The number of benzene rings is 1. The van der Waals surface area contributed by atoms with Crippen LogP contribution in [0.2, 0.25) is 0 Å². The molecule has 19 heavy (non-hydrogen) atoms. The quantitative estimate of drug-likeness (QED) is 0.838. The van der Waals surface area contributed by atoms with Gasteiger partial charge in [0.1, 0.15) is 11.5 Å². The number of ether oxygens (including phenoxy) is 1. The maximum atomic E-state index is 12.3. The van der Waals surface area contributed by atoms with Gasteiger partial charge in [-0.25, -0.2) is 0 Å². The summed E-state index contributed by atoms with van der Waals surface area (Å²) in [5, 5.41) is 0. The summed E-state index contributed by atoms with van der Waals surface area (Å²) in [6.45, 7) is 4.94. The fraction of sp³-hybridized carbons (Fsp3) is 0.467. The molecular weight excluding hydrogens is 242 g/mol. The van der Waals surface area contributed by atoms with Crippen LogP contribution in [0, 0.1) is 0 Å². The number of nitrogens with zero attached hydrogens (tertiary/aromatic N) is 1. The molecule has 1 aromatic rings. The number of hydrogen-bond donors (Lipinski definition) is 0. The van der Waals surface area contributed by atoms with E-state index >= 15 is 0 Å². The van der Waals surface area contributed by atoms with Crippen molar-refractivity contribution < 1.29 is 14.3 Å². The smallest absolute Gasteiger partial charge is 0.254 e. The Balaban J connectivity index is 2.08. The molecule has 0 N–H and O–H groups in total. The summed E-state index contributed by atoms with van der Waals surface area (Å²) in [4.78, 5) is 25.2. The Labute approximate surface area is 113 Å². The number of piperidine rings is 1. The molecule has 0 radical (unpaired) electrons. The summed E-state index contributed by atoms with van der Waals surface area (Å²) >= 11 is 0. The van der Waals surface area contributed by atoms with Gasteiger partial charge in [0, 0.05) is 31.5 Å². The Morgan fingerprint density at radius 3 is 2.58 bits per heavy atom. The van der Waals surface area contributed by atoms with Gasteiger partial charge in [0.2, 0.25) is 0 Å². The Kier molecular flexibility index (Phi) is 4.20. The standard InChI is InChI=1S/C15H19NO3/c1-11(2)19-14-5-3-4-12(10-14)15(18)16-8-6-13(17)7-9-16/h3-5,10-11H,6-9H2,1-2H3. The SMILES string of the molecule is CC(C)Oc1cccc(C(=O)N2CCC(=O)CC2)c1. The molecular formula is C15H19NO3. The van der Waals surface area contributed by atoms with Crippen molar-refractivity contribution in [3.8, 4) is 5.75 Å². The van der Waals surface area contributed by atoms with Crippen LogP contribution in [0.3, 0.4) is 0 Å². The van der Waals surface area contributed by atoms with Crippen LogP contribution in [0.15, 0.2) is 24.3 Å². The van der Waals surface area contributed by atoms with E-state index in [-0.39, 0.29) is 17.8 Å². The number of Topliss-reactive ketones (excluding diaryl/α,β-unsaturated/α-hetero) is 1. The minimum Gasteiger partial charge on any atom is -0.491 e. The first kappa shape index (κ1) is 13.6. The van der Waals surface area contributed by atoms with Gasteiger partial charge in [-0.2, -0.15) is 0 Å². The van der Waals surface area contributed by atoms with Crippen LogP contribution in [0.4, 0.5) is 0 Å². The van der Waals surface area contributed by atoms with Gasteiger partial charge in [-0.05, 0) is 32.0 Å². The van der Waals surface area contributed by atoms with Crippen molar-refractivity contribution >= 4 is 11.7 Å². The van der Waals surface area contributed by atoms with Crippen molar-refractivity contribution in [3.05, 3.63) is 29.8 Å². The van der Waals surface area contributed by atoms with Gasteiger partial charge in [0.15, 0.2) is 0 Å². The highest BCUT2D eigenvalue weighted by molar-refractivity contribution is 5.95. The van der Waals surface area contributed by atoms with Crippen molar-refractivity contribution in [2.24, 2.45) is 0 Å². The molecule has 1 saturated heterocycles. The van der Waals surface area contributed by atoms with Gasteiger partial charge >= 0.3 is 0 Å². The lowest BCUT2D eigenvalue weighted by molar-refractivity contribution is -0.120. The van der Waals surface area contributed by atoms with Crippen molar-refractivity contribution in [2.75, 3.05) is 13.1 Å². The second-order valence-corrected chi connectivity index (χ2v) is 5.03. The molecule has 0 bridgehead atoms. The summed E-state index contributed by atoms with van der Waals surface area (Å²) in [5.41, 5.74) is 0.618. The molecule has 1 aromatic carbocycles. The molecule has 102 valence electrons. The molecule has 0 atom stereocenters. The number of rotatable bonds is 3. The predicted molar refractivity (Wildman–Crippen MR) is 72.4 cm³/mol. The van der Waals surface area contributed by atoms with Gasteiger partial charge in [-0.15, -0.1) is 0 Å². The normalized spacial score (nSPS) is 15.7. The summed E-state index contributed by atoms with van der Waals surface area (Å²) in [5.74, 6) is 0.914. The maximum Gasteiger partial charge on any atom is 0.254 e. The fourth-order valence-corrected chi connectivity index (χ4v) is 2.12. The Hall–Kier alpha value is -1.84. The third kappa shape index (κ3) is 3.56. The monoisotopic (exact) mass is 261 g/mol. The van der Waals surface area contributed by atoms with Crippen LogP contribution in [0.1, 0.15) is 37.0 Å². The third-order valence-electron chi connectivity index (χ3n) is 3.06. The number of carbonyl (C=O) groups excluding carboxylic acids is 2. The molecule has 4 nitrogen and oxygen atoms in total. The first-order chi connectivity index (χ1) is 9.06. The molecule has 4 heteroatoms. The van der Waals surface area contributed by atoms with E-state index in [9.17, 15) is 9.59 Å². The second-order valence-electron chi connectivity index (χ2n) is 5.03. The van der Waals surface area contributed by atoms with E-state index in [1.54, 1.807) is 17.0 Å². The van der Waals surface area contributed by atoms with Crippen molar-refractivity contribution in [1.29, 1.82) is 0 Å². The third-order valence-corrected chi connectivity index (χ3v) is 3.06. The summed E-state index contributed by atoms with van der Waals surface area (Å²) in [7, 11) is 0. The molecule has 1 amide bonds. The number of likely N-dealkylation sites (tertiary alicyclic amines) is 1. The highest BCUT2D eigenvalue weighted by Crippen LogP contribution is 2.18. The highest BCUT2D eigenvalue weighted by atomic mass is 16.5. The number of carbonyl (C=O) groups is 2. The van der Waals surface area contributed by atoms with Crippen LogP contribution in [0.25, 0.3) is 0 Å². The maximum absolute atomic E-state index is 12.3. The fourth-order valence-electron chi connectivity index (χ4n) is 2.12. The molecule has 0 spiro atoms. The van der Waals surface area contributed by atoms with Crippen molar-refractivity contribution in [2.45, 2.75) is 32.8 Å². The van der Waals surface area contributed by atoms with Gasteiger partial charge in [0.05, 0.1) is 6.10 Å². The summed E-state index contributed by atoms with van der Waals surface area (Å²) < 4.78 is 5.58. The minimum absolute atomic E-state index is 0.0262. The summed E-state index contributed by atoms with van der Waals surface area (Å²) in [6.07, 6.45) is 1.01. The Morgan fingerprint density at radius 1 is 1.26 bits per heavy atom. The molecule has 1 aliphatic heterocycles. The zero-order valence-electron chi connectivity index (χ0n) is 11.4. The van der Waals surface area contributed by atoms with E-state index < -0.39 is 0 Å². The average Bonchev–Trinajstić information content (AvgIpc) is 2.38. The lowest BCUT2D eigenvalue weighted by Crippen LogP contribution is -2.38. The lowest BCUT2D eigenvalue weighted by Gasteiger charge is -2.26. The second kappa shape index (κ2) is 5.87. The molecule has 0 aliphatic carbocycles. The van der Waals surface area contributed by atoms with Gasteiger partial charge in [-0.1, -0.05) is 6.07 Å². The molecule has 1 aliphatic rings. The molecule has 0 aromatic heterocycles. The van der Waals surface area contributed by atoms with E-state index in [1.165, 1.54) is 0 Å². The lowest BCUT2D eigenvalue weighted by atomic mass is 10.1. The first-order valence-electron chi connectivity index (χ1n) is 6.64. The minimum atomic E-state index is -0.0262. The topological polar surface area (TPSA) is 46.6 Å². The van der Waals surface area contributed by atoms with Gasteiger partial charge < -0.3 is 9.64 Å². The van der Waals surface area contributed by atoms with E-state index in [2.05, 4.69) is 0 Å². The van der Waals surface area contributed by atoms with Gasteiger partial charge in [-0.3, -0.25) is 9.59 Å². The zero-order chi connectivity index (χ0) is 13.8. The van der Waals surface area contributed by atoms with Crippen LogP contribution in [-0.2, 0) is 4.79 Å². The number of hydrogen-bond acceptors (Lipinski definition) is 3. The molecule has 2 rings (SSSR count). The Bertz CT molecular complexity index is 472.